The van der Waals surface area contributed by atoms with Crippen LogP contribution in [0.15, 0.2) is 23.1 Å². The lowest BCUT2D eigenvalue weighted by Crippen LogP contribution is -2.55. The summed E-state index contributed by atoms with van der Waals surface area (Å²) in [5.41, 5.74) is 5.45. The molecule has 1 aromatic carbocycles. The topological polar surface area (TPSA) is 81.9 Å². The zero-order valence-electron chi connectivity index (χ0n) is 11.9. The standard InChI is InChI=1S/C13H20N2O4S/c1-13(2)9-19-7-6-15(13)20(16,17)12-5-4-10(18-3)8-11(12)14/h4-5,8H,6-7,9,14H2,1-3H3. The van der Waals surface area contributed by atoms with Gasteiger partial charge in [0.2, 0.25) is 10.0 Å². The van der Waals surface area contributed by atoms with Crippen molar-refractivity contribution in [3.63, 3.8) is 0 Å². The SMILES string of the molecule is COc1ccc(S(=O)(=O)N2CCOCC2(C)C)c(N)c1. The third-order valence-corrected chi connectivity index (χ3v) is 5.54. The molecule has 112 valence electrons. The summed E-state index contributed by atoms with van der Waals surface area (Å²) in [6.45, 7) is 4.74. The number of nitrogen functional groups attached to an aromatic ring is 1. The van der Waals surface area contributed by atoms with Gasteiger partial charge in [0.05, 0.1) is 31.5 Å². The third kappa shape index (κ3) is 2.61. The van der Waals surface area contributed by atoms with Crippen molar-refractivity contribution >= 4 is 15.7 Å². The van der Waals surface area contributed by atoms with Gasteiger partial charge in [-0.25, -0.2) is 8.42 Å². The first-order valence-corrected chi connectivity index (χ1v) is 7.77. The summed E-state index contributed by atoms with van der Waals surface area (Å²) in [5.74, 6) is 0.530. The Kier molecular flexibility index (Phi) is 3.95. The number of sulfonamides is 1. The van der Waals surface area contributed by atoms with Gasteiger partial charge in [-0.2, -0.15) is 4.31 Å². The maximum absolute atomic E-state index is 12.8. The van der Waals surface area contributed by atoms with E-state index in [0.29, 0.717) is 25.5 Å². The van der Waals surface area contributed by atoms with Crippen molar-refractivity contribution in [2.75, 3.05) is 32.6 Å². The predicted molar refractivity (Wildman–Crippen MR) is 76.2 cm³/mol. The number of benzene rings is 1. The van der Waals surface area contributed by atoms with Crippen LogP contribution in [0.25, 0.3) is 0 Å². The second-order valence-corrected chi connectivity index (χ2v) is 7.18. The van der Waals surface area contributed by atoms with Crippen molar-refractivity contribution < 1.29 is 17.9 Å². The first-order valence-electron chi connectivity index (χ1n) is 6.33. The molecular weight excluding hydrogens is 280 g/mol. The number of anilines is 1. The fraction of sp³-hybridized carbons (Fsp3) is 0.538. The molecule has 1 saturated heterocycles. The van der Waals surface area contributed by atoms with Crippen LogP contribution in [0.2, 0.25) is 0 Å². The van der Waals surface area contributed by atoms with Crippen molar-refractivity contribution in [2.24, 2.45) is 0 Å². The maximum atomic E-state index is 12.8. The van der Waals surface area contributed by atoms with Crippen LogP contribution in [0.1, 0.15) is 13.8 Å². The van der Waals surface area contributed by atoms with Crippen LogP contribution in [0.5, 0.6) is 5.75 Å². The number of hydrogen-bond acceptors (Lipinski definition) is 5. The molecule has 0 atom stereocenters. The van der Waals surface area contributed by atoms with Crippen molar-refractivity contribution in [3.05, 3.63) is 18.2 Å². The van der Waals surface area contributed by atoms with Crippen LogP contribution in [0.4, 0.5) is 5.69 Å². The molecule has 2 rings (SSSR count). The van der Waals surface area contributed by atoms with Gasteiger partial charge in [-0.05, 0) is 26.0 Å². The number of rotatable bonds is 3. The van der Waals surface area contributed by atoms with Crippen LogP contribution in [-0.4, -0.2) is 45.1 Å². The Hall–Kier alpha value is -1.31. The molecule has 0 aliphatic carbocycles. The summed E-state index contributed by atoms with van der Waals surface area (Å²) in [4.78, 5) is 0.105. The van der Waals surface area contributed by atoms with Gasteiger partial charge in [0, 0.05) is 12.6 Å². The fourth-order valence-corrected chi connectivity index (χ4v) is 4.15. The highest BCUT2D eigenvalue weighted by molar-refractivity contribution is 7.89. The summed E-state index contributed by atoms with van der Waals surface area (Å²) >= 11 is 0. The van der Waals surface area contributed by atoms with E-state index in [2.05, 4.69) is 0 Å². The van der Waals surface area contributed by atoms with Gasteiger partial charge in [-0.1, -0.05) is 0 Å². The van der Waals surface area contributed by atoms with E-state index in [4.69, 9.17) is 15.2 Å². The molecule has 0 bridgehead atoms. The van der Waals surface area contributed by atoms with Crippen LogP contribution in [-0.2, 0) is 14.8 Å². The highest BCUT2D eigenvalue weighted by Gasteiger charge is 2.40. The smallest absolute Gasteiger partial charge is 0.245 e. The van der Waals surface area contributed by atoms with E-state index in [1.165, 1.54) is 23.5 Å². The molecule has 0 saturated carbocycles. The summed E-state index contributed by atoms with van der Waals surface area (Å²) in [7, 11) is -2.14. The number of methoxy groups -OCH3 is 1. The van der Waals surface area contributed by atoms with Gasteiger partial charge in [0.25, 0.3) is 0 Å². The zero-order valence-corrected chi connectivity index (χ0v) is 12.7. The Labute approximate surface area is 119 Å². The van der Waals surface area contributed by atoms with Crippen molar-refractivity contribution in [1.29, 1.82) is 0 Å². The van der Waals surface area contributed by atoms with Crippen LogP contribution < -0.4 is 10.5 Å². The predicted octanol–water partition coefficient (Wildman–Crippen LogP) is 1.08. The number of hydrogen-bond donors (Lipinski definition) is 1. The summed E-state index contributed by atoms with van der Waals surface area (Å²) < 4.78 is 37.4. The lowest BCUT2D eigenvalue weighted by Gasteiger charge is -2.40. The Bertz CT molecular complexity index is 598. The van der Waals surface area contributed by atoms with E-state index in [0.717, 1.165) is 0 Å². The third-order valence-electron chi connectivity index (χ3n) is 3.35. The number of nitrogens with two attached hydrogens (primary N) is 1. The molecule has 1 aliphatic heterocycles. The fourth-order valence-electron chi connectivity index (χ4n) is 2.30. The minimum Gasteiger partial charge on any atom is -0.497 e. The average Bonchev–Trinajstić information content (AvgIpc) is 2.37. The molecule has 0 unspecified atom stereocenters. The summed E-state index contributed by atoms with van der Waals surface area (Å²) in [5, 5.41) is 0. The maximum Gasteiger partial charge on any atom is 0.245 e. The quantitative estimate of drug-likeness (QED) is 0.845. The highest BCUT2D eigenvalue weighted by atomic mass is 32.2. The Morgan fingerprint density at radius 3 is 2.65 bits per heavy atom. The second kappa shape index (κ2) is 5.23. The summed E-state index contributed by atoms with van der Waals surface area (Å²) in [6, 6.07) is 4.59. The van der Waals surface area contributed by atoms with E-state index >= 15 is 0 Å². The largest absolute Gasteiger partial charge is 0.497 e. The number of nitrogens with zero attached hydrogens (tertiary/aromatic N) is 1. The van der Waals surface area contributed by atoms with Crippen molar-refractivity contribution in [3.8, 4) is 5.75 Å². The van der Waals surface area contributed by atoms with E-state index in [-0.39, 0.29) is 10.6 Å². The van der Waals surface area contributed by atoms with Crippen LogP contribution >= 0.6 is 0 Å². The second-order valence-electron chi connectivity index (χ2n) is 5.35. The first-order chi connectivity index (χ1) is 9.29. The molecule has 0 radical (unpaired) electrons. The first kappa shape index (κ1) is 15.1. The monoisotopic (exact) mass is 300 g/mol. The molecule has 2 N–H and O–H groups in total. The van der Waals surface area contributed by atoms with Crippen molar-refractivity contribution in [2.45, 2.75) is 24.3 Å². The minimum atomic E-state index is -3.65. The molecule has 1 fully saturated rings. The van der Waals surface area contributed by atoms with Gasteiger partial charge in [-0.3, -0.25) is 0 Å². The highest BCUT2D eigenvalue weighted by Crippen LogP contribution is 2.31. The van der Waals surface area contributed by atoms with Crippen LogP contribution in [0, 0.1) is 0 Å². The van der Waals surface area contributed by atoms with Crippen molar-refractivity contribution in [1.82, 2.24) is 4.31 Å². The molecule has 1 aliphatic rings. The zero-order chi connectivity index (χ0) is 15.0. The molecule has 6 nitrogen and oxygen atoms in total. The van der Waals surface area contributed by atoms with E-state index in [1.54, 1.807) is 6.07 Å². The number of morpholine rings is 1. The molecule has 7 heteroatoms. The molecule has 1 aromatic rings. The van der Waals surface area contributed by atoms with Gasteiger partial charge >= 0.3 is 0 Å². The normalized spacial score (nSPS) is 19.8. The lowest BCUT2D eigenvalue weighted by atomic mass is 10.1. The van der Waals surface area contributed by atoms with Gasteiger partial charge in [0.1, 0.15) is 10.6 Å². The summed E-state index contributed by atoms with van der Waals surface area (Å²) in [6.07, 6.45) is 0. The molecule has 0 amide bonds. The minimum absolute atomic E-state index is 0.105. The molecule has 1 heterocycles. The van der Waals surface area contributed by atoms with Gasteiger partial charge in [0.15, 0.2) is 0 Å². The van der Waals surface area contributed by atoms with Crippen LogP contribution in [0.3, 0.4) is 0 Å². The van der Waals surface area contributed by atoms with Gasteiger partial charge in [-0.15, -0.1) is 0 Å². The Balaban J connectivity index is 2.44. The molecular formula is C13H20N2O4S. The van der Waals surface area contributed by atoms with Gasteiger partial charge < -0.3 is 15.2 Å². The lowest BCUT2D eigenvalue weighted by molar-refractivity contribution is -0.00768. The van der Waals surface area contributed by atoms with E-state index < -0.39 is 15.6 Å². The Morgan fingerprint density at radius 1 is 1.40 bits per heavy atom. The Morgan fingerprint density at radius 2 is 2.10 bits per heavy atom. The molecule has 20 heavy (non-hydrogen) atoms. The van der Waals surface area contributed by atoms with E-state index in [1.807, 2.05) is 13.8 Å². The molecule has 0 spiro atoms. The average molecular weight is 300 g/mol. The molecule has 0 aromatic heterocycles. The van der Waals surface area contributed by atoms with E-state index in [9.17, 15) is 8.42 Å². The number of ether oxygens (including phenoxy) is 2.